The monoisotopic (exact) mass is 196 g/mol. The number of hydrogen-bond donors (Lipinski definition) is 1. The van der Waals surface area contributed by atoms with E-state index in [-0.39, 0.29) is 18.7 Å². The molecule has 0 unspecified atom stereocenters. The highest BCUT2D eigenvalue weighted by Crippen LogP contribution is 2.12. The second kappa shape index (κ2) is 3.63. The van der Waals surface area contributed by atoms with Crippen LogP contribution in [0, 0.1) is 0 Å². The Labute approximate surface area is 71.7 Å². The van der Waals surface area contributed by atoms with Crippen LogP contribution in [0.1, 0.15) is 6.42 Å². The Bertz CT molecular complexity index is 237. The lowest BCUT2D eigenvalue weighted by Gasteiger charge is -2.06. The van der Waals surface area contributed by atoms with Crippen LogP contribution < -0.4 is 5.32 Å². The van der Waals surface area contributed by atoms with Crippen LogP contribution in [0.5, 0.6) is 0 Å². The average Bonchev–Trinajstić information content (AvgIpc) is 2.50. The molecule has 0 saturated heterocycles. The zero-order chi connectivity index (χ0) is 9.90. The Balaban J connectivity index is 2.33. The summed E-state index contributed by atoms with van der Waals surface area (Å²) in [5.41, 5.74) is 0.00394. The molecule has 74 valence electrons. The van der Waals surface area contributed by atoms with E-state index in [0.29, 0.717) is 0 Å². The molecule has 0 atom stereocenters. The first-order valence-electron chi connectivity index (χ1n) is 3.53. The van der Waals surface area contributed by atoms with E-state index < -0.39 is 18.6 Å². The minimum absolute atomic E-state index is 0.00394. The molecular formula is C6H7F3N2O2. The Morgan fingerprint density at radius 3 is 2.77 bits per heavy atom. The van der Waals surface area contributed by atoms with Gasteiger partial charge in [-0.25, -0.2) is 0 Å². The van der Waals surface area contributed by atoms with E-state index in [4.69, 9.17) is 0 Å². The fourth-order valence-electron chi connectivity index (χ4n) is 0.749. The third kappa shape index (κ3) is 3.30. The second-order valence-electron chi connectivity index (χ2n) is 2.42. The molecule has 0 aromatic rings. The van der Waals surface area contributed by atoms with Gasteiger partial charge in [0.15, 0.2) is 0 Å². The summed E-state index contributed by atoms with van der Waals surface area (Å²) in [4.78, 5) is 15.3. The number of amides is 1. The van der Waals surface area contributed by atoms with Gasteiger partial charge in [0.2, 0.25) is 0 Å². The van der Waals surface area contributed by atoms with Gasteiger partial charge in [-0.05, 0) is 0 Å². The van der Waals surface area contributed by atoms with Crippen molar-refractivity contribution in [1.29, 1.82) is 0 Å². The maximum atomic E-state index is 11.6. The molecule has 0 radical (unpaired) electrons. The lowest BCUT2D eigenvalue weighted by atomic mass is 10.3. The minimum Gasteiger partial charge on any atom is -0.395 e. The van der Waals surface area contributed by atoms with Gasteiger partial charge >= 0.3 is 6.18 Å². The maximum Gasteiger partial charge on any atom is 0.405 e. The van der Waals surface area contributed by atoms with Crippen molar-refractivity contribution in [3.8, 4) is 0 Å². The highest BCUT2D eigenvalue weighted by molar-refractivity contribution is 6.39. The zero-order valence-corrected chi connectivity index (χ0v) is 6.52. The maximum absolute atomic E-state index is 11.6. The Morgan fingerprint density at radius 1 is 1.62 bits per heavy atom. The van der Waals surface area contributed by atoms with Gasteiger partial charge in [0.05, 0.1) is 0 Å². The molecule has 0 saturated carbocycles. The van der Waals surface area contributed by atoms with E-state index in [1.54, 1.807) is 5.32 Å². The van der Waals surface area contributed by atoms with Crippen molar-refractivity contribution in [3.05, 3.63) is 0 Å². The lowest BCUT2D eigenvalue weighted by Crippen LogP contribution is -2.37. The number of hydrogen-bond acceptors (Lipinski definition) is 3. The minimum atomic E-state index is -4.39. The number of carbonyl (C=O) groups is 1. The predicted molar refractivity (Wildman–Crippen MR) is 37.1 cm³/mol. The van der Waals surface area contributed by atoms with Gasteiger partial charge in [0, 0.05) is 6.42 Å². The fraction of sp³-hybridized carbons (Fsp3) is 0.667. The van der Waals surface area contributed by atoms with Gasteiger partial charge in [-0.3, -0.25) is 4.79 Å². The van der Waals surface area contributed by atoms with Crippen LogP contribution in [0.2, 0.25) is 0 Å². The first-order valence-corrected chi connectivity index (χ1v) is 3.53. The molecule has 1 N–H and O–H groups in total. The lowest BCUT2D eigenvalue weighted by molar-refractivity contribution is -0.134. The summed E-state index contributed by atoms with van der Waals surface area (Å²) in [6.07, 6.45) is -4.14. The molecule has 1 heterocycles. The highest BCUT2D eigenvalue weighted by atomic mass is 19.4. The third-order valence-electron chi connectivity index (χ3n) is 1.32. The summed E-state index contributed by atoms with van der Waals surface area (Å²) in [5.74, 6) is -0.824. The van der Waals surface area contributed by atoms with Crippen LogP contribution >= 0.6 is 0 Å². The highest BCUT2D eigenvalue weighted by Gasteiger charge is 2.29. The molecule has 4 nitrogen and oxygen atoms in total. The third-order valence-corrected chi connectivity index (χ3v) is 1.32. The van der Waals surface area contributed by atoms with E-state index in [0.717, 1.165) is 0 Å². The molecule has 1 aliphatic rings. The molecule has 13 heavy (non-hydrogen) atoms. The normalized spacial score (nSPS) is 16.4. The summed E-state index contributed by atoms with van der Waals surface area (Å²) >= 11 is 0. The summed E-state index contributed by atoms with van der Waals surface area (Å²) < 4.78 is 34.9. The number of nitrogens with one attached hydrogen (secondary N) is 1. The largest absolute Gasteiger partial charge is 0.405 e. The van der Waals surface area contributed by atoms with Crippen molar-refractivity contribution in [3.63, 3.8) is 0 Å². The SMILES string of the molecule is O=C(NCC(F)(F)F)C1=NOCC1. The van der Waals surface area contributed by atoms with Gasteiger partial charge < -0.3 is 10.2 Å². The number of halogens is 3. The van der Waals surface area contributed by atoms with E-state index in [1.165, 1.54) is 0 Å². The van der Waals surface area contributed by atoms with Crippen molar-refractivity contribution >= 4 is 11.6 Å². The van der Waals surface area contributed by atoms with Crippen molar-refractivity contribution in [2.24, 2.45) is 5.16 Å². The van der Waals surface area contributed by atoms with Crippen LogP contribution in [-0.4, -0.2) is 30.9 Å². The average molecular weight is 196 g/mol. The first kappa shape index (κ1) is 9.82. The van der Waals surface area contributed by atoms with Gasteiger partial charge in [0.1, 0.15) is 18.9 Å². The van der Waals surface area contributed by atoms with Crippen molar-refractivity contribution < 1.29 is 22.8 Å². The molecule has 0 fully saturated rings. The number of nitrogens with zero attached hydrogens (tertiary/aromatic N) is 1. The Morgan fingerprint density at radius 2 is 2.31 bits per heavy atom. The number of alkyl halides is 3. The predicted octanol–water partition coefficient (Wildman–Crippen LogP) is 0.441. The quantitative estimate of drug-likeness (QED) is 0.696. The number of carbonyl (C=O) groups excluding carboxylic acids is 1. The van der Waals surface area contributed by atoms with Gasteiger partial charge in [-0.2, -0.15) is 13.2 Å². The van der Waals surface area contributed by atoms with Crippen molar-refractivity contribution in [2.75, 3.05) is 13.2 Å². The van der Waals surface area contributed by atoms with Crippen LogP contribution in [0.3, 0.4) is 0 Å². The van der Waals surface area contributed by atoms with E-state index in [1.807, 2.05) is 0 Å². The van der Waals surface area contributed by atoms with Crippen LogP contribution in [0.25, 0.3) is 0 Å². The molecule has 0 aromatic heterocycles. The molecule has 0 aromatic carbocycles. The molecule has 1 amide bonds. The van der Waals surface area contributed by atoms with E-state index in [9.17, 15) is 18.0 Å². The number of rotatable bonds is 2. The van der Waals surface area contributed by atoms with Gasteiger partial charge in [0.25, 0.3) is 5.91 Å². The summed E-state index contributed by atoms with van der Waals surface area (Å²) in [6.45, 7) is -1.10. The number of oxime groups is 1. The summed E-state index contributed by atoms with van der Waals surface area (Å²) in [6, 6.07) is 0. The topological polar surface area (TPSA) is 50.7 Å². The molecule has 7 heteroatoms. The fourth-order valence-corrected chi connectivity index (χ4v) is 0.749. The van der Waals surface area contributed by atoms with Gasteiger partial charge in [-0.15, -0.1) is 0 Å². The summed E-state index contributed by atoms with van der Waals surface area (Å²) in [5, 5.41) is 4.96. The van der Waals surface area contributed by atoms with Crippen molar-refractivity contribution in [2.45, 2.75) is 12.6 Å². The molecule has 1 rings (SSSR count). The van der Waals surface area contributed by atoms with Gasteiger partial charge in [-0.1, -0.05) is 5.16 Å². The molecule has 0 bridgehead atoms. The second-order valence-corrected chi connectivity index (χ2v) is 2.42. The first-order chi connectivity index (χ1) is 5.99. The molecule has 0 aliphatic carbocycles. The summed E-state index contributed by atoms with van der Waals surface area (Å²) in [7, 11) is 0. The Hall–Kier alpha value is -1.27. The molecular weight excluding hydrogens is 189 g/mol. The van der Waals surface area contributed by atoms with Crippen LogP contribution in [0.4, 0.5) is 13.2 Å². The van der Waals surface area contributed by atoms with E-state index in [2.05, 4.69) is 9.99 Å². The Kier molecular flexibility index (Phi) is 2.74. The molecule has 1 aliphatic heterocycles. The van der Waals surface area contributed by atoms with Crippen LogP contribution in [-0.2, 0) is 9.63 Å². The smallest absolute Gasteiger partial charge is 0.395 e. The zero-order valence-electron chi connectivity index (χ0n) is 6.52. The standard InChI is InChI=1S/C6H7F3N2O2/c7-6(8,9)3-10-5(12)4-1-2-13-11-4/h1-3H2,(H,10,12). The van der Waals surface area contributed by atoms with E-state index >= 15 is 0 Å². The van der Waals surface area contributed by atoms with Crippen LogP contribution in [0.15, 0.2) is 5.16 Å². The molecule has 0 spiro atoms. The van der Waals surface area contributed by atoms with Crippen molar-refractivity contribution in [1.82, 2.24) is 5.32 Å².